The lowest BCUT2D eigenvalue weighted by atomic mass is 10.1. The fourth-order valence-corrected chi connectivity index (χ4v) is 3.37. The van der Waals surface area contributed by atoms with Crippen LogP contribution in [0.5, 0.6) is 0 Å². The highest BCUT2D eigenvalue weighted by Gasteiger charge is 2.20. The Balaban J connectivity index is 2.30. The summed E-state index contributed by atoms with van der Waals surface area (Å²) in [6.07, 6.45) is 1.67. The van der Waals surface area contributed by atoms with Crippen molar-refractivity contribution in [3.05, 3.63) is 33.3 Å². The number of halogens is 1. The van der Waals surface area contributed by atoms with E-state index < -0.39 is 0 Å². The van der Waals surface area contributed by atoms with E-state index in [2.05, 4.69) is 53.0 Å². The van der Waals surface area contributed by atoms with E-state index in [4.69, 9.17) is 5.73 Å². The van der Waals surface area contributed by atoms with E-state index in [9.17, 15) is 0 Å². The quantitative estimate of drug-likeness (QED) is 0.868. The molecule has 0 spiro atoms. The monoisotopic (exact) mass is 353 g/mol. The molecule has 0 radical (unpaired) electrons. The maximum atomic E-state index is 6.44. The SMILES string of the molecule is CCc1nn(CC)c(CC(N)c2cc(C)nn2CC)c1Br. The highest BCUT2D eigenvalue weighted by molar-refractivity contribution is 9.10. The first-order valence-corrected chi connectivity index (χ1v) is 8.34. The summed E-state index contributed by atoms with van der Waals surface area (Å²) in [4.78, 5) is 0. The van der Waals surface area contributed by atoms with E-state index in [0.717, 1.165) is 47.5 Å². The summed E-state index contributed by atoms with van der Waals surface area (Å²) in [6, 6.07) is 2.00. The molecule has 0 aliphatic carbocycles. The third-order valence-corrected chi connectivity index (χ3v) is 4.64. The van der Waals surface area contributed by atoms with Crippen molar-refractivity contribution < 1.29 is 0 Å². The minimum absolute atomic E-state index is 0.0749. The van der Waals surface area contributed by atoms with Gasteiger partial charge in [-0.1, -0.05) is 6.92 Å². The molecule has 0 bridgehead atoms. The Labute approximate surface area is 134 Å². The van der Waals surface area contributed by atoms with E-state index in [0.29, 0.717) is 0 Å². The van der Waals surface area contributed by atoms with Crippen molar-refractivity contribution in [2.45, 2.75) is 59.7 Å². The van der Waals surface area contributed by atoms with Gasteiger partial charge in [0.2, 0.25) is 0 Å². The number of hydrogen-bond acceptors (Lipinski definition) is 3. The Kier molecular flexibility index (Phi) is 5.22. The first kappa shape index (κ1) is 16.2. The lowest BCUT2D eigenvalue weighted by molar-refractivity contribution is 0.540. The van der Waals surface area contributed by atoms with Crippen molar-refractivity contribution in [3.8, 4) is 0 Å². The molecule has 1 atom stereocenters. The van der Waals surface area contributed by atoms with Gasteiger partial charge in [-0.3, -0.25) is 9.36 Å². The highest BCUT2D eigenvalue weighted by Crippen LogP contribution is 2.26. The Morgan fingerprint density at radius 1 is 1.19 bits per heavy atom. The van der Waals surface area contributed by atoms with Gasteiger partial charge in [-0.2, -0.15) is 10.2 Å². The largest absolute Gasteiger partial charge is 0.322 e. The molecular weight excluding hydrogens is 330 g/mol. The molecule has 0 amide bonds. The van der Waals surface area contributed by atoms with Gasteiger partial charge in [-0.15, -0.1) is 0 Å². The van der Waals surface area contributed by atoms with Crippen LogP contribution in [0.2, 0.25) is 0 Å². The molecule has 5 nitrogen and oxygen atoms in total. The summed E-state index contributed by atoms with van der Waals surface area (Å²) in [5, 5.41) is 9.11. The second kappa shape index (κ2) is 6.75. The van der Waals surface area contributed by atoms with Gasteiger partial charge in [-0.25, -0.2) is 0 Å². The van der Waals surface area contributed by atoms with Gasteiger partial charge >= 0.3 is 0 Å². The van der Waals surface area contributed by atoms with Crippen molar-refractivity contribution in [2.24, 2.45) is 5.73 Å². The Hall–Kier alpha value is -1.14. The molecule has 0 aromatic carbocycles. The lowest BCUT2D eigenvalue weighted by Gasteiger charge is -2.14. The van der Waals surface area contributed by atoms with Gasteiger partial charge in [0.15, 0.2) is 0 Å². The smallest absolute Gasteiger partial charge is 0.0766 e. The number of nitrogens with two attached hydrogens (primary N) is 1. The normalized spacial score (nSPS) is 12.9. The highest BCUT2D eigenvalue weighted by atomic mass is 79.9. The van der Waals surface area contributed by atoms with Crippen LogP contribution in [0.25, 0.3) is 0 Å². The predicted molar refractivity (Wildman–Crippen MR) is 88.2 cm³/mol. The zero-order valence-corrected chi connectivity index (χ0v) is 14.8. The van der Waals surface area contributed by atoms with Crippen LogP contribution in [-0.2, 0) is 25.9 Å². The zero-order valence-electron chi connectivity index (χ0n) is 13.2. The minimum atomic E-state index is -0.0749. The van der Waals surface area contributed by atoms with Crippen LogP contribution >= 0.6 is 15.9 Å². The molecule has 2 rings (SSSR count). The van der Waals surface area contributed by atoms with Gasteiger partial charge in [-0.05, 0) is 49.2 Å². The molecule has 0 saturated heterocycles. The fourth-order valence-electron chi connectivity index (χ4n) is 2.64. The molecule has 6 heteroatoms. The third kappa shape index (κ3) is 3.21. The van der Waals surface area contributed by atoms with Crippen LogP contribution < -0.4 is 5.73 Å². The average Bonchev–Trinajstić information content (AvgIpc) is 3.00. The summed E-state index contributed by atoms with van der Waals surface area (Å²) in [5.41, 5.74) is 10.8. The second-order valence-corrected chi connectivity index (χ2v) is 6.01. The van der Waals surface area contributed by atoms with Gasteiger partial charge in [0.25, 0.3) is 0 Å². The van der Waals surface area contributed by atoms with Crippen LogP contribution in [0, 0.1) is 6.92 Å². The molecule has 2 aromatic rings. The maximum Gasteiger partial charge on any atom is 0.0766 e. The lowest BCUT2D eigenvalue weighted by Crippen LogP contribution is -2.20. The van der Waals surface area contributed by atoms with Gasteiger partial charge < -0.3 is 5.73 Å². The number of nitrogens with zero attached hydrogens (tertiary/aromatic N) is 4. The van der Waals surface area contributed by atoms with Crippen LogP contribution in [0.1, 0.15) is 49.6 Å². The first-order valence-electron chi connectivity index (χ1n) is 7.55. The molecule has 0 aliphatic heterocycles. The summed E-state index contributed by atoms with van der Waals surface area (Å²) < 4.78 is 5.13. The molecule has 2 heterocycles. The molecule has 0 fully saturated rings. The van der Waals surface area contributed by atoms with E-state index in [-0.39, 0.29) is 6.04 Å². The van der Waals surface area contributed by atoms with Crippen LogP contribution in [-0.4, -0.2) is 19.6 Å². The van der Waals surface area contributed by atoms with E-state index in [1.807, 2.05) is 16.3 Å². The Morgan fingerprint density at radius 2 is 1.86 bits per heavy atom. The summed E-state index contributed by atoms with van der Waals surface area (Å²) in [5.74, 6) is 0. The number of rotatable bonds is 6. The topological polar surface area (TPSA) is 61.7 Å². The predicted octanol–water partition coefficient (Wildman–Crippen LogP) is 3.00. The Bertz CT molecular complexity index is 614. The van der Waals surface area contributed by atoms with E-state index >= 15 is 0 Å². The number of aromatic nitrogens is 4. The van der Waals surface area contributed by atoms with Crippen molar-refractivity contribution in [1.29, 1.82) is 0 Å². The van der Waals surface area contributed by atoms with Gasteiger partial charge in [0.05, 0.1) is 33.3 Å². The molecule has 2 aromatic heterocycles. The summed E-state index contributed by atoms with van der Waals surface area (Å²) >= 11 is 3.68. The summed E-state index contributed by atoms with van der Waals surface area (Å²) in [6.45, 7) is 10.0. The molecule has 1 unspecified atom stereocenters. The number of aryl methyl sites for hydroxylation is 4. The molecule has 21 heavy (non-hydrogen) atoms. The standard InChI is InChI=1S/C15H24BrN5/c1-5-12-15(16)14(21(7-3)19-12)9-11(17)13-8-10(4)18-20(13)6-2/h8,11H,5-7,9,17H2,1-4H3. The molecule has 116 valence electrons. The fraction of sp³-hybridized carbons (Fsp3) is 0.600. The van der Waals surface area contributed by atoms with Gasteiger partial charge in [0, 0.05) is 19.5 Å². The second-order valence-electron chi connectivity index (χ2n) is 5.21. The maximum absolute atomic E-state index is 6.44. The molecule has 0 aliphatic rings. The van der Waals surface area contributed by atoms with Crippen LogP contribution in [0.3, 0.4) is 0 Å². The minimum Gasteiger partial charge on any atom is -0.322 e. The van der Waals surface area contributed by atoms with Gasteiger partial charge in [0.1, 0.15) is 0 Å². The van der Waals surface area contributed by atoms with Crippen molar-refractivity contribution >= 4 is 15.9 Å². The van der Waals surface area contributed by atoms with Crippen LogP contribution in [0.15, 0.2) is 10.5 Å². The third-order valence-electron chi connectivity index (χ3n) is 3.72. The van der Waals surface area contributed by atoms with Crippen molar-refractivity contribution in [1.82, 2.24) is 19.6 Å². The summed E-state index contributed by atoms with van der Waals surface area (Å²) in [7, 11) is 0. The molecule has 2 N–H and O–H groups in total. The van der Waals surface area contributed by atoms with Crippen molar-refractivity contribution in [3.63, 3.8) is 0 Å². The first-order chi connectivity index (χ1) is 10.0. The van der Waals surface area contributed by atoms with Crippen LogP contribution in [0.4, 0.5) is 0 Å². The van der Waals surface area contributed by atoms with E-state index in [1.165, 1.54) is 5.69 Å². The van der Waals surface area contributed by atoms with Crippen molar-refractivity contribution in [2.75, 3.05) is 0 Å². The molecular formula is C15H24BrN5. The average molecular weight is 354 g/mol. The number of hydrogen-bond donors (Lipinski definition) is 1. The zero-order chi connectivity index (χ0) is 15.6. The van der Waals surface area contributed by atoms with E-state index in [1.54, 1.807) is 0 Å². The molecule has 0 saturated carbocycles. The Morgan fingerprint density at radius 3 is 2.43 bits per heavy atom.